The molecule has 88 valence electrons. The monoisotopic (exact) mass is 233 g/mol. The number of hydrogen-bond donors (Lipinski definition) is 0. The number of methoxy groups -OCH3 is 1. The second-order valence-electron chi connectivity index (χ2n) is 3.66. The van der Waals surface area contributed by atoms with Crippen LogP contribution in [0.5, 0.6) is 5.75 Å². The second-order valence-corrected chi connectivity index (χ2v) is 3.66. The number of likely N-dealkylation sites (tertiary alicyclic amines) is 1. The first-order valence-electron chi connectivity index (χ1n) is 5.17. The van der Waals surface area contributed by atoms with Crippen molar-refractivity contribution < 1.29 is 19.1 Å². The predicted molar refractivity (Wildman–Crippen MR) is 58.4 cm³/mol. The van der Waals surface area contributed by atoms with E-state index >= 15 is 0 Å². The Morgan fingerprint density at radius 1 is 1.24 bits per heavy atom. The molecule has 0 aromatic heterocycles. The number of benzene rings is 1. The molecule has 17 heavy (non-hydrogen) atoms. The van der Waals surface area contributed by atoms with Crippen LogP contribution >= 0.6 is 0 Å². The summed E-state index contributed by atoms with van der Waals surface area (Å²) >= 11 is 0. The molecule has 0 unspecified atom stereocenters. The molecule has 1 aliphatic heterocycles. The van der Waals surface area contributed by atoms with Gasteiger partial charge in [0, 0.05) is 18.4 Å². The van der Waals surface area contributed by atoms with Crippen molar-refractivity contribution in [1.82, 2.24) is 4.90 Å². The quantitative estimate of drug-likeness (QED) is 0.714. The molecular formula is C12H11NO4. The predicted octanol–water partition coefficient (Wildman–Crippen LogP) is 0.984. The van der Waals surface area contributed by atoms with Crippen molar-refractivity contribution in [2.75, 3.05) is 7.11 Å². The number of amides is 3. The summed E-state index contributed by atoms with van der Waals surface area (Å²) in [4.78, 5) is 35.5. The molecule has 0 saturated carbocycles. The van der Waals surface area contributed by atoms with Gasteiger partial charge in [-0.3, -0.25) is 14.4 Å². The lowest BCUT2D eigenvalue weighted by Gasteiger charge is -2.12. The first-order chi connectivity index (χ1) is 8.13. The third kappa shape index (κ3) is 2.04. The Balaban J connectivity index is 2.30. The maximum atomic E-state index is 12.0. The molecule has 0 atom stereocenters. The summed E-state index contributed by atoms with van der Waals surface area (Å²) < 4.78 is 4.98. The molecule has 1 saturated heterocycles. The molecule has 0 bridgehead atoms. The molecule has 0 spiro atoms. The third-order valence-electron chi connectivity index (χ3n) is 2.57. The lowest BCUT2D eigenvalue weighted by molar-refractivity contribution is -0.134. The van der Waals surface area contributed by atoms with Crippen molar-refractivity contribution >= 4 is 17.7 Å². The van der Waals surface area contributed by atoms with Crippen LogP contribution in [-0.4, -0.2) is 29.7 Å². The molecule has 0 aliphatic carbocycles. The van der Waals surface area contributed by atoms with E-state index in [0.717, 1.165) is 0 Å². The average Bonchev–Trinajstić information content (AvgIpc) is 2.68. The molecule has 0 radical (unpaired) electrons. The Morgan fingerprint density at radius 3 is 2.47 bits per heavy atom. The Morgan fingerprint density at radius 2 is 1.88 bits per heavy atom. The van der Waals surface area contributed by atoms with Gasteiger partial charge in [0.1, 0.15) is 5.75 Å². The lowest BCUT2D eigenvalue weighted by atomic mass is 10.2. The fraction of sp³-hybridized carbons (Fsp3) is 0.250. The van der Waals surface area contributed by atoms with Gasteiger partial charge in [0.25, 0.3) is 5.91 Å². The van der Waals surface area contributed by atoms with Gasteiger partial charge in [-0.25, -0.2) is 4.90 Å². The number of carbonyl (C=O) groups excluding carboxylic acids is 3. The molecule has 2 rings (SSSR count). The van der Waals surface area contributed by atoms with Gasteiger partial charge in [0.15, 0.2) is 0 Å². The van der Waals surface area contributed by atoms with E-state index in [1.165, 1.54) is 13.2 Å². The van der Waals surface area contributed by atoms with E-state index in [-0.39, 0.29) is 18.4 Å². The number of hydrogen-bond acceptors (Lipinski definition) is 4. The van der Waals surface area contributed by atoms with Gasteiger partial charge in [-0.1, -0.05) is 6.07 Å². The Bertz CT molecular complexity index is 479. The topological polar surface area (TPSA) is 63.7 Å². The highest BCUT2D eigenvalue weighted by molar-refractivity contribution is 6.19. The maximum absolute atomic E-state index is 12.0. The van der Waals surface area contributed by atoms with Gasteiger partial charge in [0.05, 0.1) is 7.11 Å². The highest BCUT2D eigenvalue weighted by Crippen LogP contribution is 2.18. The number of ether oxygens (including phenoxy) is 1. The third-order valence-corrected chi connectivity index (χ3v) is 2.57. The minimum Gasteiger partial charge on any atom is -0.497 e. The molecule has 0 N–H and O–H groups in total. The van der Waals surface area contributed by atoms with Crippen LogP contribution in [-0.2, 0) is 9.59 Å². The summed E-state index contributed by atoms with van der Waals surface area (Å²) in [6.07, 6.45) is 0.211. The molecule has 1 fully saturated rings. The fourth-order valence-corrected chi connectivity index (χ4v) is 1.69. The summed E-state index contributed by atoms with van der Waals surface area (Å²) in [6, 6.07) is 6.37. The van der Waals surface area contributed by atoms with E-state index in [0.29, 0.717) is 10.6 Å². The fourth-order valence-electron chi connectivity index (χ4n) is 1.69. The second kappa shape index (κ2) is 4.37. The van der Waals surface area contributed by atoms with Crippen LogP contribution in [0.2, 0.25) is 0 Å². The minimum absolute atomic E-state index is 0.106. The van der Waals surface area contributed by atoms with Crippen LogP contribution < -0.4 is 4.74 Å². The first kappa shape index (κ1) is 11.3. The number of imide groups is 3. The normalized spacial score (nSPS) is 15.2. The van der Waals surface area contributed by atoms with Crippen molar-refractivity contribution in [1.29, 1.82) is 0 Å². The van der Waals surface area contributed by atoms with Crippen molar-refractivity contribution in [3.8, 4) is 5.75 Å². The molecular weight excluding hydrogens is 222 g/mol. The summed E-state index contributed by atoms with van der Waals surface area (Å²) in [5, 5.41) is 0. The van der Waals surface area contributed by atoms with Crippen molar-refractivity contribution in [2.45, 2.75) is 12.8 Å². The molecule has 5 nitrogen and oxygen atoms in total. The zero-order valence-corrected chi connectivity index (χ0v) is 9.30. The van der Waals surface area contributed by atoms with Gasteiger partial charge in [-0.15, -0.1) is 0 Å². The summed E-state index contributed by atoms with van der Waals surface area (Å²) in [5.41, 5.74) is 0.271. The largest absolute Gasteiger partial charge is 0.497 e. The van der Waals surface area contributed by atoms with Crippen molar-refractivity contribution in [3.05, 3.63) is 29.8 Å². The summed E-state index contributed by atoms with van der Waals surface area (Å²) in [6.45, 7) is 0. The van der Waals surface area contributed by atoms with Gasteiger partial charge >= 0.3 is 0 Å². The lowest BCUT2D eigenvalue weighted by Crippen LogP contribution is -2.35. The van der Waals surface area contributed by atoms with Crippen molar-refractivity contribution in [3.63, 3.8) is 0 Å². The highest BCUT2D eigenvalue weighted by atomic mass is 16.5. The zero-order valence-electron chi connectivity index (χ0n) is 9.30. The highest BCUT2D eigenvalue weighted by Gasteiger charge is 2.34. The van der Waals surface area contributed by atoms with E-state index in [9.17, 15) is 14.4 Å². The van der Waals surface area contributed by atoms with E-state index in [1.807, 2.05) is 0 Å². The first-order valence-corrected chi connectivity index (χ1v) is 5.17. The SMILES string of the molecule is COc1cccc(C(=O)N2C(=O)CCC2=O)c1. The van der Waals surface area contributed by atoms with E-state index in [1.54, 1.807) is 18.2 Å². The van der Waals surface area contributed by atoms with Crippen LogP contribution in [0, 0.1) is 0 Å². The van der Waals surface area contributed by atoms with Crippen LogP contribution in [0.1, 0.15) is 23.2 Å². The number of nitrogens with zero attached hydrogens (tertiary/aromatic N) is 1. The van der Waals surface area contributed by atoms with E-state index in [2.05, 4.69) is 0 Å². The summed E-state index contributed by atoms with van der Waals surface area (Å²) in [5.74, 6) is -0.961. The standard InChI is InChI=1S/C12H11NO4/c1-17-9-4-2-3-8(7-9)12(16)13-10(14)5-6-11(13)15/h2-4,7H,5-6H2,1H3. The average molecular weight is 233 g/mol. The molecule has 5 heteroatoms. The van der Waals surface area contributed by atoms with E-state index < -0.39 is 17.7 Å². The van der Waals surface area contributed by atoms with Gasteiger partial charge < -0.3 is 4.74 Å². The van der Waals surface area contributed by atoms with Crippen LogP contribution in [0.15, 0.2) is 24.3 Å². The summed E-state index contributed by atoms with van der Waals surface area (Å²) in [7, 11) is 1.48. The number of rotatable bonds is 2. The van der Waals surface area contributed by atoms with Gasteiger partial charge in [0.2, 0.25) is 11.8 Å². The Kier molecular flexibility index (Phi) is 2.91. The van der Waals surface area contributed by atoms with Gasteiger partial charge in [-0.2, -0.15) is 0 Å². The number of carbonyl (C=O) groups is 3. The smallest absolute Gasteiger partial charge is 0.267 e. The van der Waals surface area contributed by atoms with Crippen molar-refractivity contribution in [2.24, 2.45) is 0 Å². The Labute approximate surface area is 98.0 Å². The molecule has 3 amide bonds. The van der Waals surface area contributed by atoms with Crippen LogP contribution in [0.4, 0.5) is 0 Å². The zero-order chi connectivity index (χ0) is 12.4. The van der Waals surface area contributed by atoms with Crippen LogP contribution in [0.25, 0.3) is 0 Å². The maximum Gasteiger partial charge on any atom is 0.267 e. The molecule has 1 aromatic carbocycles. The minimum atomic E-state index is -0.587. The molecule has 1 heterocycles. The molecule has 1 aromatic rings. The van der Waals surface area contributed by atoms with Crippen LogP contribution in [0.3, 0.4) is 0 Å². The van der Waals surface area contributed by atoms with E-state index in [4.69, 9.17) is 4.74 Å². The Hall–Kier alpha value is -2.17. The van der Waals surface area contributed by atoms with Gasteiger partial charge in [-0.05, 0) is 18.2 Å². The molecule has 1 aliphatic rings.